The maximum absolute atomic E-state index is 12.9. The second-order valence-electron chi connectivity index (χ2n) is 8.79. The molecular weight excluding hydrogens is 292 g/mol. The Morgan fingerprint density at radius 1 is 1.04 bits per heavy atom. The van der Waals surface area contributed by atoms with Crippen LogP contribution in [0, 0.1) is 17.8 Å². The van der Waals surface area contributed by atoms with Gasteiger partial charge in [-0.15, -0.1) is 0 Å². The van der Waals surface area contributed by atoms with Crippen molar-refractivity contribution in [1.29, 1.82) is 0 Å². The number of hydrogen-bond donors (Lipinski definition) is 1. The third-order valence-electron chi connectivity index (χ3n) is 5.49. The zero-order valence-corrected chi connectivity index (χ0v) is 14.8. The maximum Gasteiger partial charge on any atom is 0.408 e. The van der Waals surface area contributed by atoms with E-state index in [0.717, 1.165) is 31.2 Å². The van der Waals surface area contributed by atoms with Crippen LogP contribution in [0.4, 0.5) is 4.79 Å². The first-order valence-corrected chi connectivity index (χ1v) is 9.01. The third kappa shape index (κ3) is 3.81. The lowest BCUT2D eigenvalue weighted by molar-refractivity contribution is -0.136. The van der Waals surface area contributed by atoms with E-state index in [0.29, 0.717) is 12.0 Å². The van der Waals surface area contributed by atoms with E-state index < -0.39 is 17.7 Å². The predicted molar refractivity (Wildman–Crippen MR) is 87.9 cm³/mol. The van der Waals surface area contributed by atoms with Crippen LogP contribution >= 0.6 is 0 Å². The molecule has 0 spiro atoms. The molecule has 130 valence electrons. The summed E-state index contributed by atoms with van der Waals surface area (Å²) in [5.74, 6) is 2.33. The van der Waals surface area contributed by atoms with Gasteiger partial charge in [0, 0.05) is 12.6 Å². The first kappa shape index (κ1) is 16.6. The molecule has 4 aliphatic rings. The van der Waals surface area contributed by atoms with Crippen LogP contribution in [-0.4, -0.2) is 41.1 Å². The van der Waals surface area contributed by atoms with E-state index in [-0.39, 0.29) is 5.91 Å². The average Bonchev–Trinajstić information content (AvgIpc) is 2.59. The summed E-state index contributed by atoms with van der Waals surface area (Å²) >= 11 is 0. The van der Waals surface area contributed by atoms with Gasteiger partial charge in [-0.2, -0.15) is 0 Å². The minimum absolute atomic E-state index is 0.0501. The van der Waals surface area contributed by atoms with E-state index in [1.165, 1.54) is 19.3 Å². The van der Waals surface area contributed by atoms with Crippen molar-refractivity contribution >= 4 is 12.0 Å². The minimum Gasteiger partial charge on any atom is -0.444 e. The van der Waals surface area contributed by atoms with Gasteiger partial charge in [0.15, 0.2) is 0 Å². The Hall–Kier alpha value is -1.26. The molecule has 5 heteroatoms. The maximum atomic E-state index is 12.9. The summed E-state index contributed by atoms with van der Waals surface area (Å²) in [6, 6.07) is -0.151. The molecule has 2 heterocycles. The zero-order chi connectivity index (χ0) is 16.8. The molecule has 2 unspecified atom stereocenters. The number of rotatable bonds is 2. The largest absolute Gasteiger partial charge is 0.444 e. The van der Waals surface area contributed by atoms with Crippen LogP contribution < -0.4 is 5.32 Å². The molecule has 0 aromatic heterocycles. The van der Waals surface area contributed by atoms with Crippen molar-refractivity contribution in [3.8, 4) is 0 Å². The van der Waals surface area contributed by atoms with Crippen LogP contribution in [-0.2, 0) is 9.53 Å². The fraction of sp³-hybridized carbons (Fsp3) is 0.889. The van der Waals surface area contributed by atoms with Crippen LogP contribution in [0.15, 0.2) is 0 Å². The first-order chi connectivity index (χ1) is 10.7. The van der Waals surface area contributed by atoms with E-state index in [4.69, 9.17) is 4.74 Å². The monoisotopic (exact) mass is 322 g/mol. The quantitative estimate of drug-likeness (QED) is 0.850. The summed E-state index contributed by atoms with van der Waals surface area (Å²) < 4.78 is 5.26. The van der Waals surface area contributed by atoms with Crippen LogP contribution in [0.1, 0.15) is 59.8 Å². The lowest BCUT2D eigenvalue weighted by Crippen LogP contribution is -2.52. The summed E-state index contributed by atoms with van der Waals surface area (Å²) in [5, 5.41) is 2.70. The van der Waals surface area contributed by atoms with Gasteiger partial charge in [-0.25, -0.2) is 4.79 Å². The Bertz CT molecular complexity index is 471. The summed E-state index contributed by atoms with van der Waals surface area (Å²) in [6.07, 6.45) is 5.71. The minimum atomic E-state index is -0.548. The van der Waals surface area contributed by atoms with Crippen LogP contribution in [0.5, 0.6) is 0 Å². The standard InChI is InChI=1S/C18H30N2O3/c1-11(19-17(22)23-18(2,3)4)16(21)20-10-14-6-12-5-13(7-14)9-15(20)8-12/h11-15H,5-10H2,1-4H3,(H,19,22)/t11-,12-,13+,14?,15?/m1/s1. The van der Waals surface area contributed by atoms with Gasteiger partial charge in [-0.1, -0.05) is 0 Å². The lowest BCUT2D eigenvalue weighted by Gasteiger charge is -2.39. The van der Waals surface area contributed by atoms with Gasteiger partial charge in [-0.05, 0) is 77.6 Å². The van der Waals surface area contributed by atoms with Crippen LogP contribution in [0.25, 0.3) is 0 Å². The molecule has 5 atom stereocenters. The molecule has 2 amide bonds. The molecule has 5 nitrogen and oxygen atoms in total. The van der Waals surface area contributed by atoms with Gasteiger partial charge < -0.3 is 15.0 Å². The zero-order valence-electron chi connectivity index (χ0n) is 14.8. The van der Waals surface area contributed by atoms with Crippen molar-refractivity contribution in [2.45, 2.75) is 77.5 Å². The van der Waals surface area contributed by atoms with Gasteiger partial charge >= 0.3 is 6.09 Å². The fourth-order valence-electron chi connectivity index (χ4n) is 4.85. The van der Waals surface area contributed by atoms with Crippen molar-refractivity contribution < 1.29 is 14.3 Å². The number of ether oxygens (including phenoxy) is 1. The number of alkyl carbamates (subject to hydrolysis) is 1. The molecular formula is C18H30N2O3. The summed E-state index contributed by atoms with van der Waals surface area (Å²) in [6.45, 7) is 8.11. The Balaban J connectivity index is 1.62. The molecule has 4 bridgehead atoms. The van der Waals surface area contributed by atoms with E-state index in [2.05, 4.69) is 10.2 Å². The molecule has 2 aliphatic heterocycles. The summed E-state index contributed by atoms with van der Waals surface area (Å²) in [4.78, 5) is 26.8. The molecule has 2 saturated carbocycles. The Morgan fingerprint density at radius 3 is 2.17 bits per heavy atom. The number of hydrogen-bond acceptors (Lipinski definition) is 3. The van der Waals surface area contributed by atoms with Gasteiger partial charge in [0.2, 0.25) is 5.91 Å². The number of nitrogens with one attached hydrogen (secondary N) is 1. The molecule has 4 rings (SSSR count). The van der Waals surface area contributed by atoms with Crippen molar-refractivity contribution in [3.05, 3.63) is 0 Å². The van der Waals surface area contributed by atoms with E-state index in [1.807, 2.05) is 20.8 Å². The van der Waals surface area contributed by atoms with E-state index in [1.54, 1.807) is 6.92 Å². The smallest absolute Gasteiger partial charge is 0.408 e. The van der Waals surface area contributed by atoms with Gasteiger partial charge in [0.25, 0.3) is 0 Å². The molecule has 4 fully saturated rings. The summed E-state index contributed by atoms with van der Waals surface area (Å²) in [5.41, 5.74) is -0.548. The highest BCUT2D eigenvalue weighted by atomic mass is 16.6. The molecule has 23 heavy (non-hydrogen) atoms. The fourth-order valence-corrected chi connectivity index (χ4v) is 4.85. The second kappa shape index (κ2) is 5.99. The molecule has 2 aliphatic carbocycles. The van der Waals surface area contributed by atoms with Gasteiger partial charge in [0.1, 0.15) is 11.6 Å². The van der Waals surface area contributed by atoms with Gasteiger partial charge in [-0.3, -0.25) is 4.79 Å². The van der Waals surface area contributed by atoms with Crippen molar-refractivity contribution in [1.82, 2.24) is 10.2 Å². The molecule has 0 aromatic carbocycles. The number of fused-ring (bicyclic) bond motifs is 1. The molecule has 0 aromatic rings. The highest BCUT2D eigenvalue weighted by Crippen LogP contribution is 2.47. The SMILES string of the molecule is C[C@@H](NC(=O)OC(C)(C)C)C(=O)N1CC2C[C@@H]3CC1C[C@H](C2)C3. The number of nitrogens with zero attached hydrogens (tertiary/aromatic N) is 1. The lowest BCUT2D eigenvalue weighted by atomic mass is 9.68. The molecule has 0 radical (unpaired) electrons. The number of carbonyl (C=O) groups is 2. The second-order valence-corrected chi connectivity index (χ2v) is 8.79. The van der Waals surface area contributed by atoms with Crippen molar-refractivity contribution in [3.63, 3.8) is 0 Å². The van der Waals surface area contributed by atoms with E-state index in [9.17, 15) is 9.59 Å². The van der Waals surface area contributed by atoms with Crippen LogP contribution in [0.3, 0.4) is 0 Å². The summed E-state index contributed by atoms with van der Waals surface area (Å²) in [7, 11) is 0. The van der Waals surface area contributed by atoms with Gasteiger partial charge in [0.05, 0.1) is 0 Å². The Kier molecular flexibility index (Phi) is 4.32. The Labute approximate surface area is 139 Å². The predicted octanol–water partition coefficient (Wildman–Crippen LogP) is 2.94. The molecule has 2 saturated heterocycles. The normalized spacial score (nSPS) is 34.0. The Morgan fingerprint density at radius 2 is 1.61 bits per heavy atom. The third-order valence-corrected chi connectivity index (χ3v) is 5.49. The van der Waals surface area contributed by atoms with Crippen molar-refractivity contribution in [2.75, 3.05) is 6.54 Å². The topological polar surface area (TPSA) is 58.6 Å². The molecule has 1 N–H and O–H groups in total. The van der Waals surface area contributed by atoms with Crippen molar-refractivity contribution in [2.24, 2.45) is 17.8 Å². The highest BCUT2D eigenvalue weighted by molar-refractivity contribution is 5.85. The van der Waals surface area contributed by atoms with E-state index >= 15 is 0 Å². The number of carbonyl (C=O) groups excluding carboxylic acids is 2. The number of amides is 2. The highest BCUT2D eigenvalue weighted by Gasteiger charge is 2.44. The van der Waals surface area contributed by atoms with Crippen LogP contribution in [0.2, 0.25) is 0 Å². The average molecular weight is 322 g/mol. The first-order valence-electron chi connectivity index (χ1n) is 9.01.